The molecular formula is C20H25ClN2O3S. The molecule has 2 aromatic carbocycles. The lowest BCUT2D eigenvalue weighted by Crippen LogP contribution is -2.34. The summed E-state index contributed by atoms with van der Waals surface area (Å²) < 4.78 is 26.8. The predicted molar refractivity (Wildman–Crippen MR) is 110 cm³/mol. The number of amides is 1. The first kappa shape index (κ1) is 21.3. The van der Waals surface area contributed by atoms with Gasteiger partial charge < -0.3 is 5.32 Å². The summed E-state index contributed by atoms with van der Waals surface area (Å²) in [6.45, 7) is 5.90. The summed E-state index contributed by atoms with van der Waals surface area (Å²) in [5.74, 6) is -0.260. The van der Waals surface area contributed by atoms with Gasteiger partial charge in [-0.05, 0) is 50.1 Å². The summed E-state index contributed by atoms with van der Waals surface area (Å²) in [6.07, 6.45) is 1.66. The van der Waals surface area contributed by atoms with Crippen LogP contribution in [0.5, 0.6) is 0 Å². The van der Waals surface area contributed by atoms with Crippen molar-refractivity contribution in [3.63, 3.8) is 0 Å². The molecule has 1 N–H and O–H groups in total. The van der Waals surface area contributed by atoms with Crippen LogP contribution < -0.4 is 9.62 Å². The van der Waals surface area contributed by atoms with Gasteiger partial charge in [0.05, 0.1) is 21.2 Å². The largest absolute Gasteiger partial charge is 0.349 e. The van der Waals surface area contributed by atoms with Crippen molar-refractivity contribution >= 4 is 33.2 Å². The average molecular weight is 409 g/mol. The molecule has 1 amide bonds. The Hall–Kier alpha value is -2.05. The molecule has 0 saturated carbocycles. The van der Waals surface area contributed by atoms with Gasteiger partial charge in [0, 0.05) is 13.1 Å². The summed E-state index contributed by atoms with van der Waals surface area (Å²) in [7, 11) is -2.25. The smallest absolute Gasteiger partial charge is 0.264 e. The number of anilines is 1. The van der Waals surface area contributed by atoms with Crippen LogP contribution in [-0.2, 0) is 10.0 Å². The lowest BCUT2D eigenvalue weighted by atomic mass is 10.1. The van der Waals surface area contributed by atoms with E-state index in [4.69, 9.17) is 11.6 Å². The van der Waals surface area contributed by atoms with Gasteiger partial charge in [0.1, 0.15) is 0 Å². The van der Waals surface area contributed by atoms with Crippen LogP contribution in [0.1, 0.15) is 42.6 Å². The van der Waals surface area contributed by atoms with Crippen LogP contribution in [0.2, 0.25) is 5.02 Å². The Morgan fingerprint density at radius 3 is 2.22 bits per heavy atom. The van der Waals surface area contributed by atoms with Crippen LogP contribution in [0.15, 0.2) is 47.4 Å². The number of sulfonamides is 1. The number of carbonyl (C=O) groups excluding carboxylic acids is 1. The molecular weight excluding hydrogens is 384 g/mol. The summed E-state index contributed by atoms with van der Waals surface area (Å²) in [6, 6.07) is 11.3. The van der Waals surface area contributed by atoms with E-state index in [0.717, 1.165) is 22.7 Å². The monoisotopic (exact) mass is 408 g/mol. The van der Waals surface area contributed by atoms with Crippen molar-refractivity contribution in [2.45, 2.75) is 44.6 Å². The first-order chi connectivity index (χ1) is 12.7. The van der Waals surface area contributed by atoms with E-state index in [1.807, 2.05) is 20.8 Å². The number of nitrogens with one attached hydrogen (secondary N) is 1. The van der Waals surface area contributed by atoms with Gasteiger partial charge in [-0.3, -0.25) is 9.10 Å². The summed E-state index contributed by atoms with van der Waals surface area (Å²) in [4.78, 5) is 12.6. The third-order valence-electron chi connectivity index (χ3n) is 4.56. The fourth-order valence-electron chi connectivity index (χ4n) is 2.65. The molecule has 0 aliphatic carbocycles. The molecule has 0 bridgehead atoms. The molecule has 0 atom stereocenters. The molecule has 0 aliphatic heterocycles. The van der Waals surface area contributed by atoms with Gasteiger partial charge in [-0.25, -0.2) is 8.42 Å². The second kappa shape index (κ2) is 8.76. The minimum Gasteiger partial charge on any atom is -0.349 e. The van der Waals surface area contributed by atoms with Crippen molar-refractivity contribution in [3.05, 3.63) is 58.6 Å². The normalized spacial score (nSPS) is 11.5. The molecule has 0 saturated heterocycles. The predicted octanol–water partition coefficient (Wildman–Crippen LogP) is 4.39. The Balaban J connectivity index is 2.28. The van der Waals surface area contributed by atoms with Crippen molar-refractivity contribution < 1.29 is 13.2 Å². The van der Waals surface area contributed by atoms with Crippen molar-refractivity contribution in [2.75, 3.05) is 11.4 Å². The molecule has 5 nitrogen and oxygen atoms in total. The van der Waals surface area contributed by atoms with Crippen molar-refractivity contribution in [1.82, 2.24) is 5.32 Å². The van der Waals surface area contributed by atoms with Gasteiger partial charge in [-0.1, -0.05) is 43.1 Å². The van der Waals surface area contributed by atoms with Gasteiger partial charge in [0.2, 0.25) is 0 Å². The van der Waals surface area contributed by atoms with E-state index < -0.39 is 10.0 Å². The van der Waals surface area contributed by atoms with E-state index in [1.54, 1.807) is 36.4 Å². The first-order valence-electron chi connectivity index (χ1n) is 8.86. The highest BCUT2D eigenvalue weighted by Crippen LogP contribution is 2.27. The summed E-state index contributed by atoms with van der Waals surface area (Å²) in [5, 5.41) is 3.14. The molecule has 2 aromatic rings. The van der Waals surface area contributed by atoms with Gasteiger partial charge in [0.15, 0.2) is 0 Å². The minimum atomic E-state index is -3.71. The fourth-order valence-corrected chi connectivity index (χ4v) is 4.10. The Kier molecular flexibility index (Phi) is 6.89. The minimum absolute atomic E-state index is 0.0813. The summed E-state index contributed by atoms with van der Waals surface area (Å²) in [5.41, 5.74) is 1.69. The number of benzene rings is 2. The van der Waals surface area contributed by atoms with Crippen LogP contribution in [0.4, 0.5) is 5.69 Å². The topological polar surface area (TPSA) is 66.5 Å². The SMILES string of the molecule is CCC(CC)NC(=O)c1ccc(N(C)S(=O)(=O)c2ccc(C)cc2)cc1Cl. The van der Waals surface area contributed by atoms with Gasteiger partial charge in [-0.2, -0.15) is 0 Å². The molecule has 7 heteroatoms. The van der Waals surface area contributed by atoms with Crippen LogP contribution in [-0.4, -0.2) is 27.4 Å². The number of hydrogen-bond donors (Lipinski definition) is 1. The lowest BCUT2D eigenvalue weighted by molar-refractivity contribution is 0.0935. The zero-order valence-electron chi connectivity index (χ0n) is 16.0. The van der Waals surface area contributed by atoms with Crippen LogP contribution in [0.3, 0.4) is 0 Å². The van der Waals surface area contributed by atoms with E-state index in [0.29, 0.717) is 11.3 Å². The molecule has 0 radical (unpaired) electrons. The molecule has 0 fully saturated rings. The Labute approximate surface area is 166 Å². The third kappa shape index (κ3) is 4.82. The first-order valence-corrected chi connectivity index (χ1v) is 10.7. The van der Waals surface area contributed by atoms with E-state index in [9.17, 15) is 13.2 Å². The Morgan fingerprint density at radius 2 is 1.70 bits per heavy atom. The van der Waals surface area contributed by atoms with E-state index in [2.05, 4.69) is 5.32 Å². The maximum Gasteiger partial charge on any atom is 0.264 e. The van der Waals surface area contributed by atoms with E-state index >= 15 is 0 Å². The number of carbonyl (C=O) groups is 1. The standard InChI is InChI=1S/C20H25ClN2O3S/c1-5-15(6-2)22-20(24)18-12-9-16(13-19(18)21)23(4)27(25,26)17-10-7-14(3)8-11-17/h7-13,15H,5-6H2,1-4H3,(H,22,24). The second-order valence-electron chi connectivity index (χ2n) is 6.44. The lowest BCUT2D eigenvalue weighted by Gasteiger charge is -2.21. The van der Waals surface area contributed by atoms with E-state index in [-0.39, 0.29) is 21.9 Å². The quantitative estimate of drug-likeness (QED) is 0.738. The molecule has 0 aliphatic rings. The van der Waals surface area contributed by atoms with Crippen LogP contribution >= 0.6 is 11.6 Å². The number of hydrogen-bond acceptors (Lipinski definition) is 3. The van der Waals surface area contributed by atoms with Gasteiger partial charge in [0.25, 0.3) is 15.9 Å². The van der Waals surface area contributed by atoms with Gasteiger partial charge in [-0.15, -0.1) is 0 Å². The number of halogens is 1. The Morgan fingerprint density at radius 1 is 1.11 bits per heavy atom. The fraction of sp³-hybridized carbons (Fsp3) is 0.350. The number of rotatable bonds is 7. The summed E-state index contributed by atoms with van der Waals surface area (Å²) >= 11 is 6.27. The molecule has 146 valence electrons. The highest BCUT2D eigenvalue weighted by molar-refractivity contribution is 7.92. The molecule has 2 rings (SSSR count). The maximum atomic E-state index is 12.8. The van der Waals surface area contributed by atoms with Gasteiger partial charge >= 0.3 is 0 Å². The zero-order valence-corrected chi connectivity index (χ0v) is 17.6. The number of nitrogens with zero attached hydrogens (tertiary/aromatic N) is 1. The second-order valence-corrected chi connectivity index (χ2v) is 8.81. The third-order valence-corrected chi connectivity index (χ3v) is 6.67. The average Bonchev–Trinajstić information content (AvgIpc) is 2.65. The zero-order chi connectivity index (χ0) is 20.2. The highest BCUT2D eigenvalue weighted by Gasteiger charge is 2.22. The molecule has 0 aromatic heterocycles. The highest BCUT2D eigenvalue weighted by atomic mass is 35.5. The molecule has 27 heavy (non-hydrogen) atoms. The maximum absolute atomic E-state index is 12.8. The molecule has 0 heterocycles. The Bertz CT molecular complexity index is 907. The van der Waals surface area contributed by atoms with Crippen molar-refractivity contribution in [3.8, 4) is 0 Å². The van der Waals surface area contributed by atoms with Crippen LogP contribution in [0.25, 0.3) is 0 Å². The van der Waals surface area contributed by atoms with Crippen molar-refractivity contribution in [2.24, 2.45) is 0 Å². The number of aryl methyl sites for hydroxylation is 1. The van der Waals surface area contributed by atoms with Crippen LogP contribution in [0, 0.1) is 6.92 Å². The molecule has 0 unspecified atom stereocenters. The van der Waals surface area contributed by atoms with Crippen molar-refractivity contribution in [1.29, 1.82) is 0 Å². The molecule has 0 spiro atoms. The van der Waals surface area contributed by atoms with E-state index in [1.165, 1.54) is 13.1 Å².